The second kappa shape index (κ2) is 4.42. The van der Waals surface area contributed by atoms with Crippen LogP contribution in [0.1, 0.15) is 5.69 Å². The standard InChI is InChI=1S/C14H10N4O/c1-19-13-9(6-7-16-12(13)8-15)14-17-10-4-2-3-5-11(10)18-14/h2-7H,1H3,(H,17,18). The number of nitrogens with zero attached hydrogens (tertiary/aromatic N) is 3. The molecule has 0 saturated carbocycles. The molecule has 1 aromatic carbocycles. The fourth-order valence-electron chi connectivity index (χ4n) is 2.00. The van der Waals surface area contributed by atoms with Gasteiger partial charge in [0.25, 0.3) is 0 Å². The van der Waals surface area contributed by atoms with Gasteiger partial charge in [-0.1, -0.05) is 12.1 Å². The molecule has 19 heavy (non-hydrogen) atoms. The number of hydrogen-bond acceptors (Lipinski definition) is 4. The number of hydrogen-bond donors (Lipinski definition) is 1. The van der Waals surface area contributed by atoms with Crippen LogP contribution in [0.3, 0.4) is 0 Å². The van der Waals surface area contributed by atoms with Crippen molar-refractivity contribution < 1.29 is 4.74 Å². The number of nitriles is 1. The van der Waals surface area contributed by atoms with E-state index in [1.54, 1.807) is 12.3 Å². The molecule has 0 aliphatic heterocycles. The monoisotopic (exact) mass is 250 g/mol. The smallest absolute Gasteiger partial charge is 0.183 e. The number of para-hydroxylation sites is 2. The maximum Gasteiger partial charge on any atom is 0.183 e. The van der Waals surface area contributed by atoms with E-state index in [4.69, 9.17) is 10.00 Å². The first-order valence-electron chi connectivity index (χ1n) is 5.71. The van der Waals surface area contributed by atoms with E-state index in [2.05, 4.69) is 15.0 Å². The average Bonchev–Trinajstić information content (AvgIpc) is 2.89. The molecule has 0 amide bonds. The topological polar surface area (TPSA) is 74.6 Å². The van der Waals surface area contributed by atoms with E-state index < -0.39 is 0 Å². The Morgan fingerprint density at radius 3 is 2.84 bits per heavy atom. The summed E-state index contributed by atoms with van der Waals surface area (Å²) < 4.78 is 5.27. The first kappa shape index (κ1) is 11.2. The number of pyridine rings is 1. The first-order valence-corrected chi connectivity index (χ1v) is 5.71. The molecule has 0 unspecified atom stereocenters. The number of nitrogens with one attached hydrogen (secondary N) is 1. The normalized spacial score (nSPS) is 10.3. The third-order valence-electron chi connectivity index (χ3n) is 2.86. The van der Waals surface area contributed by atoms with E-state index in [1.165, 1.54) is 7.11 Å². The minimum absolute atomic E-state index is 0.250. The maximum absolute atomic E-state index is 9.04. The Morgan fingerprint density at radius 1 is 1.26 bits per heavy atom. The quantitative estimate of drug-likeness (QED) is 0.758. The van der Waals surface area contributed by atoms with Crippen LogP contribution in [0.2, 0.25) is 0 Å². The molecule has 0 atom stereocenters. The highest BCUT2D eigenvalue weighted by Crippen LogP contribution is 2.30. The fourth-order valence-corrected chi connectivity index (χ4v) is 2.00. The summed E-state index contributed by atoms with van der Waals surface area (Å²) in [5.74, 6) is 1.10. The van der Waals surface area contributed by atoms with Gasteiger partial charge in [-0.05, 0) is 18.2 Å². The van der Waals surface area contributed by atoms with Crippen molar-refractivity contribution in [1.29, 1.82) is 5.26 Å². The Hall–Kier alpha value is -2.87. The highest BCUT2D eigenvalue weighted by atomic mass is 16.5. The summed E-state index contributed by atoms with van der Waals surface area (Å²) in [5, 5.41) is 9.04. The molecule has 3 aromatic rings. The summed E-state index contributed by atoms with van der Waals surface area (Å²) >= 11 is 0. The minimum Gasteiger partial charge on any atom is -0.493 e. The van der Waals surface area contributed by atoms with E-state index in [-0.39, 0.29) is 5.69 Å². The van der Waals surface area contributed by atoms with Gasteiger partial charge in [-0.3, -0.25) is 0 Å². The van der Waals surface area contributed by atoms with Crippen molar-refractivity contribution in [2.75, 3.05) is 7.11 Å². The molecule has 5 nitrogen and oxygen atoms in total. The summed E-state index contributed by atoms with van der Waals surface area (Å²) in [7, 11) is 1.52. The van der Waals surface area contributed by atoms with Gasteiger partial charge in [0.15, 0.2) is 11.4 Å². The van der Waals surface area contributed by atoms with Crippen molar-refractivity contribution in [3.05, 3.63) is 42.2 Å². The number of H-pyrrole nitrogens is 1. The van der Waals surface area contributed by atoms with Crippen LogP contribution in [0.25, 0.3) is 22.4 Å². The Bertz CT molecular complexity index is 752. The van der Waals surface area contributed by atoms with Gasteiger partial charge in [-0.2, -0.15) is 5.26 Å². The van der Waals surface area contributed by atoms with Gasteiger partial charge in [-0.25, -0.2) is 9.97 Å². The number of fused-ring (bicyclic) bond motifs is 1. The van der Waals surface area contributed by atoms with Crippen molar-refractivity contribution in [2.24, 2.45) is 0 Å². The van der Waals surface area contributed by atoms with Gasteiger partial charge in [0.05, 0.1) is 23.7 Å². The molecule has 1 N–H and O–H groups in total. The molecule has 0 bridgehead atoms. The molecular formula is C14H10N4O. The number of imidazole rings is 1. The zero-order valence-corrected chi connectivity index (χ0v) is 10.2. The highest BCUT2D eigenvalue weighted by Gasteiger charge is 2.14. The average molecular weight is 250 g/mol. The van der Waals surface area contributed by atoms with E-state index in [0.717, 1.165) is 16.6 Å². The fraction of sp³-hybridized carbons (Fsp3) is 0.0714. The van der Waals surface area contributed by atoms with Gasteiger partial charge < -0.3 is 9.72 Å². The number of ether oxygens (including phenoxy) is 1. The van der Waals surface area contributed by atoms with Crippen LogP contribution in [-0.2, 0) is 0 Å². The molecule has 92 valence electrons. The van der Waals surface area contributed by atoms with Crippen molar-refractivity contribution in [1.82, 2.24) is 15.0 Å². The number of aromatic nitrogens is 3. The third-order valence-corrected chi connectivity index (χ3v) is 2.86. The zero-order valence-electron chi connectivity index (χ0n) is 10.2. The summed E-state index contributed by atoms with van der Waals surface area (Å²) in [5.41, 5.74) is 2.79. The van der Waals surface area contributed by atoms with Gasteiger partial charge in [0, 0.05) is 6.20 Å². The molecule has 0 radical (unpaired) electrons. The summed E-state index contributed by atoms with van der Waals surface area (Å²) in [6, 6.07) is 11.5. The molecule has 0 aliphatic carbocycles. The SMILES string of the molecule is COc1c(-c2nc3ccccc3[nH]2)ccnc1C#N. The number of benzene rings is 1. The van der Waals surface area contributed by atoms with Crippen molar-refractivity contribution in [3.8, 4) is 23.2 Å². The molecule has 5 heteroatoms. The Labute approximate surface area is 109 Å². The van der Waals surface area contributed by atoms with Crippen LogP contribution in [0.15, 0.2) is 36.5 Å². The van der Waals surface area contributed by atoms with E-state index in [1.807, 2.05) is 30.3 Å². The molecular weight excluding hydrogens is 240 g/mol. The Kier molecular flexibility index (Phi) is 2.62. The Balaban J connectivity index is 2.24. The van der Waals surface area contributed by atoms with Crippen LogP contribution in [0.4, 0.5) is 0 Å². The number of methoxy groups -OCH3 is 1. The van der Waals surface area contributed by atoms with E-state index >= 15 is 0 Å². The molecule has 2 heterocycles. The van der Waals surface area contributed by atoms with Crippen LogP contribution < -0.4 is 4.74 Å². The van der Waals surface area contributed by atoms with Gasteiger partial charge in [-0.15, -0.1) is 0 Å². The predicted octanol–water partition coefficient (Wildman–Crippen LogP) is 2.51. The van der Waals surface area contributed by atoms with E-state index in [9.17, 15) is 0 Å². The maximum atomic E-state index is 9.04. The lowest BCUT2D eigenvalue weighted by Gasteiger charge is -2.06. The summed E-state index contributed by atoms with van der Waals surface area (Å²) in [4.78, 5) is 11.7. The van der Waals surface area contributed by atoms with Crippen molar-refractivity contribution in [2.45, 2.75) is 0 Å². The van der Waals surface area contributed by atoms with Gasteiger partial charge in [0.2, 0.25) is 0 Å². The lowest BCUT2D eigenvalue weighted by Crippen LogP contribution is -1.95. The lowest BCUT2D eigenvalue weighted by atomic mass is 10.2. The lowest BCUT2D eigenvalue weighted by molar-refractivity contribution is 0.413. The molecule has 0 fully saturated rings. The first-order chi connectivity index (χ1) is 9.33. The van der Waals surface area contributed by atoms with Gasteiger partial charge >= 0.3 is 0 Å². The third kappa shape index (κ3) is 1.79. The van der Waals surface area contributed by atoms with E-state index in [0.29, 0.717) is 11.6 Å². The minimum atomic E-state index is 0.250. The second-order valence-corrected chi connectivity index (χ2v) is 3.95. The van der Waals surface area contributed by atoms with Crippen LogP contribution in [-0.4, -0.2) is 22.1 Å². The number of aromatic amines is 1. The predicted molar refractivity (Wildman–Crippen MR) is 70.6 cm³/mol. The molecule has 3 rings (SSSR count). The highest BCUT2D eigenvalue weighted by molar-refractivity contribution is 5.81. The molecule has 0 aliphatic rings. The van der Waals surface area contributed by atoms with Crippen LogP contribution >= 0.6 is 0 Å². The molecule has 0 spiro atoms. The van der Waals surface area contributed by atoms with Crippen LogP contribution in [0.5, 0.6) is 5.75 Å². The summed E-state index contributed by atoms with van der Waals surface area (Å²) in [6.07, 6.45) is 1.57. The number of rotatable bonds is 2. The summed E-state index contributed by atoms with van der Waals surface area (Å²) in [6.45, 7) is 0. The molecule has 2 aromatic heterocycles. The second-order valence-electron chi connectivity index (χ2n) is 3.95. The Morgan fingerprint density at radius 2 is 2.11 bits per heavy atom. The largest absolute Gasteiger partial charge is 0.493 e. The van der Waals surface area contributed by atoms with Crippen molar-refractivity contribution >= 4 is 11.0 Å². The van der Waals surface area contributed by atoms with Gasteiger partial charge in [0.1, 0.15) is 11.9 Å². The van der Waals surface area contributed by atoms with Crippen LogP contribution in [0, 0.1) is 11.3 Å². The molecule has 0 saturated heterocycles. The van der Waals surface area contributed by atoms with Crippen molar-refractivity contribution in [3.63, 3.8) is 0 Å². The zero-order chi connectivity index (χ0) is 13.2.